The van der Waals surface area contributed by atoms with Gasteiger partial charge in [0.2, 0.25) is 0 Å². The molecule has 2 fully saturated rings. The van der Waals surface area contributed by atoms with E-state index in [2.05, 4.69) is 19.2 Å². The highest BCUT2D eigenvalue weighted by atomic mass is 15.0. The lowest BCUT2D eigenvalue weighted by molar-refractivity contribution is 0.213. The molecule has 0 radical (unpaired) electrons. The van der Waals surface area contributed by atoms with Gasteiger partial charge < -0.3 is 5.32 Å². The number of nitrogens with one attached hydrogen (secondary N) is 1. The summed E-state index contributed by atoms with van der Waals surface area (Å²) in [6, 6.07) is 1.69. The molecule has 1 N–H and O–H groups in total. The van der Waals surface area contributed by atoms with Gasteiger partial charge in [0.15, 0.2) is 0 Å². The van der Waals surface area contributed by atoms with Gasteiger partial charge in [-0.3, -0.25) is 0 Å². The van der Waals surface area contributed by atoms with E-state index in [0.717, 1.165) is 23.9 Å². The summed E-state index contributed by atoms with van der Waals surface area (Å²) in [7, 11) is 0. The molecule has 1 heteroatoms. The number of rotatable bonds is 2. The third-order valence-electron chi connectivity index (χ3n) is 4.24. The lowest BCUT2D eigenvalue weighted by Gasteiger charge is -2.35. The van der Waals surface area contributed by atoms with Gasteiger partial charge >= 0.3 is 0 Å². The van der Waals surface area contributed by atoms with Crippen molar-refractivity contribution in [1.29, 1.82) is 0 Å². The molecule has 0 aromatic carbocycles. The van der Waals surface area contributed by atoms with Gasteiger partial charge in [-0.2, -0.15) is 0 Å². The Labute approximate surface area is 88.7 Å². The van der Waals surface area contributed by atoms with Crippen molar-refractivity contribution in [3.63, 3.8) is 0 Å². The molecule has 2 rings (SSSR count). The zero-order valence-corrected chi connectivity index (χ0v) is 9.76. The summed E-state index contributed by atoms with van der Waals surface area (Å²) in [4.78, 5) is 0. The Morgan fingerprint density at radius 3 is 2.29 bits per heavy atom. The highest BCUT2D eigenvalue weighted by Crippen LogP contribution is 2.30. The lowest BCUT2D eigenvalue weighted by atomic mass is 9.79. The van der Waals surface area contributed by atoms with E-state index in [-0.39, 0.29) is 0 Å². The van der Waals surface area contributed by atoms with Crippen molar-refractivity contribution >= 4 is 0 Å². The summed E-state index contributed by atoms with van der Waals surface area (Å²) in [5.74, 6) is 1.87. The molecule has 2 aliphatic carbocycles. The van der Waals surface area contributed by atoms with Gasteiger partial charge in [-0.15, -0.1) is 0 Å². The zero-order valence-electron chi connectivity index (χ0n) is 9.76. The highest BCUT2D eigenvalue weighted by Gasteiger charge is 2.27. The quantitative estimate of drug-likeness (QED) is 0.712. The van der Waals surface area contributed by atoms with Crippen LogP contribution in [0.3, 0.4) is 0 Å². The molecule has 2 aliphatic rings. The molecule has 1 nitrogen and oxygen atoms in total. The van der Waals surface area contributed by atoms with Crippen LogP contribution < -0.4 is 5.32 Å². The van der Waals surface area contributed by atoms with E-state index >= 15 is 0 Å². The first kappa shape index (κ1) is 10.5. The molecule has 14 heavy (non-hydrogen) atoms. The van der Waals surface area contributed by atoms with Crippen LogP contribution in [0.5, 0.6) is 0 Å². The third kappa shape index (κ3) is 2.50. The average molecular weight is 195 g/mol. The van der Waals surface area contributed by atoms with Gasteiger partial charge in [0.05, 0.1) is 0 Å². The first-order valence-corrected chi connectivity index (χ1v) is 6.51. The van der Waals surface area contributed by atoms with E-state index in [1.165, 1.54) is 44.9 Å². The minimum Gasteiger partial charge on any atom is -0.311 e. The molecule has 0 aromatic rings. The Morgan fingerprint density at radius 1 is 0.929 bits per heavy atom. The fraction of sp³-hybridized carbons (Fsp3) is 1.00. The number of hydrogen-bond acceptors (Lipinski definition) is 1. The first-order valence-electron chi connectivity index (χ1n) is 6.51. The average Bonchev–Trinajstić information content (AvgIpc) is 2.62. The van der Waals surface area contributed by atoms with Crippen molar-refractivity contribution < 1.29 is 0 Å². The third-order valence-corrected chi connectivity index (χ3v) is 4.24. The number of hydrogen-bond donors (Lipinski definition) is 1. The molecule has 2 saturated carbocycles. The predicted octanol–water partition coefficient (Wildman–Crippen LogP) is 3.34. The fourth-order valence-corrected chi connectivity index (χ4v) is 3.31. The van der Waals surface area contributed by atoms with Crippen LogP contribution in [-0.4, -0.2) is 12.1 Å². The van der Waals surface area contributed by atoms with Crippen molar-refractivity contribution in [3.05, 3.63) is 0 Å². The summed E-state index contributed by atoms with van der Waals surface area (Å²) in [5.41, 5.74) is 0. The molecule has 0 spiro atoms. The molecule has 0 amide bonds. The summed E-state index contributed by atoms with van der Waals surface area (Å²) >= 11 is 0. The molecule has 3 unspecified atom stereocenters. The predicted molar refractivity (Wildman–Crippen MR) is 61.4 cm³/mol. The van der Waals surface area contributed by atoms with Crippen LogP contribution in [0.15, 0.2) is 0 Å². The minimum absolute atomic E-state index is 0.828. The normalized spacial score (nSPS) is 40.3. The van der Waals surface area contributed by atoms with Crippen LogP contribution >= 0.6 is 0 Å². The van der Waals surface area contributed by atoms with Gasteiger partial charge in [0.1, 0.15) is 0 Å². The van der Waals surface area contributed by atoms with Gasteiger partial charge in [-0.1, -0.05) is 26.7 Å². The highest BCUT2D eigenvalue weighted by molar-refractivity contribution is 4.85. The maximum absolute atomic E-state index is 3.89. The van der Waals surface area contributed by atoms with E-state index < -0.39 is 0 Å². The van der Waals surface area contributed by atoms with Gasteiger partial charge in [-0.25, -0.2) is 0 Å². The summed E-state index contributed by atoms with van der Waals surface area (Å²) in [6.45, 7) is 4.84. The maximum atomic E-state index is 3.89. The van der Waals surface area contributed by atoms with Crippen LogP contribution in [0.1, 0.15) is 58.8 Å². The van der Waals surface area contributed by atoms with E-state index in [0.29, 0.717) is 0 Å². The second-order valence-corrected chi connectivity index (χ2v) is 5.65. The molecule has 3 atom stereocenters. The monoisotopic (exact) mass is 195 g/mol. The van der Waals surface area contributed by atoms with Gasteiger partial charge in [0.25, 0.3) is 0 Å². The molecular weight excluding hydrogens is 170 g/mol. The Hall–Kier alpha value is -0.0400. The molecule has 0 saturated heterocycles. The topological polar surface area (TPSA) is 12.0 Å². The van der Waals surface area contributed by atoms with Crippen LogP contribution in [0.25, 0.3) is 0 Å². The van der Waals surface area contributed by atoms with Crippen LogP contribution in [0, 0.1) is 11.8 Å². The van der Waals surface area contributed by atoms with E-state index in [1.807, 2.05) is 0 Å². The summed E-state index contributed by atoms with van der Waals surface area (Å²) in [5, 5.41) is 3.89. The van der Waals surface area contributed by atoms with Crippen LogP contribution in [0.2, 0.25) is 0 Å². The van der Waals surface area contributed by atoms with E-state index in [1.54, 1.807) is 0 Å². The standard InChI is InChI=1S/C13H25N/c1-10-7-8-13(11(2)9-10)14-12-5-3-4-6-12/h10-14H,3-9H2,1-2H3. The molecular formula is C13H25N. The molecule has 0 heterocycles. The van der Waals surface area contributed by atoms with Crippen molar-refractivity contribution in [2.24, 2.45) is 11.8 Å². The zero-order chi connectivity index (χ0) is 9.97. The van der Waals surface area contributed by atoms with Crippen molar-refractivity contribution in [1.82, 2.24) is 5.32 Å². The van der Waals surface area contributed by atoms with Crippen molar-refractivity contribution in [2.45, 2.75) is 70.9 Å². The fourth-order valence-electron chi connectivity index (χ4n) is 3.31. The first-order chi connectivity index (χ1) is 6.75. The van der Waals surface area contributed by atoms with Gasteiger partial charge in [-0.05, 0) is 43.9 Å². The lowest BCUT2D eigenvalue weighted by Crippen LogP contribution is -2.43. The largest absolute Gasteiger partial charge is 0.311 e. The van der Waals surface area contributed by atoms with Crippen LogP contribution in [-0.2, 0) is 0 Å². The molecule has 82 valence electrons. The summed E-state index contributed by atoms with van der Waals surface area (Å²) < 4.78 is 0. The smallest absolute Gasteiger partial charge is 0.00954 e. The van der Waals surface area contributed by atoms with E-state index in [9.17, 15) is 0 Å². The molecule has 0 bridgehead atoms. The summed E-state index contributed by atoms with van der Waals surface area (Å²) in [6.07, 6.45) is 10.1. The van der Waals surface area contributed by atoms with Gasteiger partial charge in [0, 0.05) is 12.1 Å². The Balaban J connectivity index is 1.79. The Bertz CT molecular complexity index is 172. The Kier molecular flexibility index (Phi) is 3.48. The van der Waals surface area contributed by atoms with Crippen molar-refractivity contribution in [3.8, 4) is 0 Å². The van der Waals surface area contributed by atoms with Crippen molar-refractivity contribution in [2.75, 3.05) is 0 Å². The Morgan fingerprint density at radius 2 is 1.64 bits per heavy atom. The molecule has 0 aromatic heterocycles. The SMILES string of the molecule is CC1CCC(NC2CCCC2)C(C)C1. The maximum Gasteiger partial charge on any atom is 0.00954 e. The second kappa shape index (κ2) is 4.65. The van der Waals surface area contributed by atoms with Crippen LogP contribution in [0.4, 0.5) is 0 Å². The minimum atomic E-state index is 0.828. The second-order valence-electron chi connectivity index (χ2n) is 5.65. The van der Waals surface area contributed by atoms with E-state index in [4.69, 9.17) is 0 Å². The molecule has 0 aliphatic heterocycles.